The molecule has 0 spiro atoms. The van der Waals surface area contributed by atoms with Crippen LogP contribution in [0.15, 0.2) is 48.5 Å². The van der Waals surface area contributed by atoms with Crippen molar-refractivity contribution in [1.29, 1.82) is 0 Å². The zero-order valence-electron chi connectivity index (χ0n) is 13.4. The van der Waals surface area contributed by atoms with Crippen LogP contribution < -0.4 is 4.90 Å². The van der Waals surface area contributed by atoms with E-state index < -0.39 is 0 Å². The lowest BCUT2D eigenvalue weighted by molar-refractivity contribution is -0.123. The van der Waals surface area contributed by atoms with Crippen LogP contribution in [0.25, 0.3) is 0 Å². The van der Waals surface area contributed by atoms with Crippen LogP contribution in [0.4, 0.5) is 5.69 Å². The van der Waals surface area contributed by atoms with Gasteiger partial charge in [0.2, 0.25) is 5.91 Å². The van der Waals surface area contributed by atoms with Crippen molar-refractivity contribution in [3.05, 3.63) is 64.7 Å². The average molecular weight is 339 g/mol. The molecule has 3 nitrogen and oxygen atoms in total. The molecule has 2 aromatic carbocycles. The summed E-state index contributed by atoms with van der Waals surface area (Å²) in [5, 5.41) is 0.665. The standard InChI is InChI=1S/C20H19ClN2O/c21-17-7-3-4-8-18(17)23-16-11-19(20(23)24)22(12-16)15-9-13-5-1-2-6-14(13)10-15/h1-8,15-16,19H,9-12H2/t16-,19-/m0/s1. The molecule has 4 heteroatoms. The number of carbonyl (C=O) groups is 1. The second kappa shape index (κ2) is 5.33. The highest BCUT2D eigenvalue weighted by Crippen LogP contribution is 2.41. The van der Waals surface area contributed by atoms with Crippen molar-refractivity contribution in [3.63, 3.8) is 0 Å². The van der Waals surface area contributed by atoms with Gasteiger partial charge in [-0.1, -0.05) is 48.0 Å². The summed E-state index contributed by atoms with van der Waals surface area (Å²) in [5.74, 6) is 0.218. The van der Waals surface area contributed by atoms with Gasteiger partial charge in [0.05, 0.1) is 22.8 Å². The van der Waals surface area contributed by atoms with E-state index in [1.807, 2.05) is 29.2 Å². The van der Waals surface area contributed by atoms with Crippen LogP contribution in [0.2, 0.25) is 5.02 Å². The van der Waals surface area contributed by atoms with Crippen molar-refractivity contribution in [3.8, 4) is 0 Å². The van der Waals surface area contributed by atoms with Gasteiger partial charge in [0.1, 0.15) is 0 Å². The first-order valence-electron chi connectivity index (χ1n) is 8.62. The molecular formula is C20H19ClN2O. The van der Waals surface area contributed by atoms with E-state index in [2.05, 4.69) is 29.2 Å². The Balaban J connectivity index is 1.39. The summed E-state index contributed by atoms with van der Waals surface area (Å²) in [4.78, 5) is 17.4. The van der Waals surface area contributed by atoms with Crippen molar-refractivity contribution >= 4 is 23.2 Å². The lowest BCUT2D eigenvalue weighted by Crippen LogP contribution is -2.54. The molecule has 2 fully saturated rings. The second-order valence-electron chi connectivity index (χ2n) is 7.09. The third-order valence-electron chi connectivity index (χ3n) is 5.82. The Kier molecular flexibility index (Phi) is 3.22. The molecule has 122 valence electrons. The Morgan fingerprint density at radius 1 is 0.917 bits per heavy atom. The van der Waals surface area contributed by atoms with Gasteiger partial charge in [0.15, 0.2) is 0 Å². The van der Waals surface area contributed by atoms with Gasteiger partial charge < -0.3 is 4.90 Å². The predicted molar refractivity (Wildman–Crippen MR) is 95.5 cm³/mol. The quantitative estimate of drug-likeness (QED) is 0.839. The number of hydrogen-bond acceptors (Lipinski definition) is 2. The zero-order valence-corrected chi connectivity index (χ0v) is 14.1. The number of rotatable bonds is 2. The summed E-state index contributed by atoms with van der Waals surface area (Å²) in [7, 11) is 0. The first-order chi connectivity index (χ1) is 11.7. The molecule has 2 heterocycles. The molecule has 1 amide bonds. The van der Waals surface area contributed by atoms with Gasteiger partial charge in [-0.05, 0) is 42.5 Å². The van der Waals surface area contributed by atoms with E-state index in [0.717, 1.165) is 31.5 Å². The van der Waals surface area contributed by atoms with Gasteiger partial charge >= 0.3 is 0 Å². The normalized spacial score (nSPS) is 26.4. The number of amides is 1. The molecule has 0 unspecified atom stereocenters. The van der Waals surface area contributed by atoms with E-state index in [4.69, 9.17) is 11.6 Å². The average Bonchev–Trinajstić information content (AvgIpc) is 3.27. The summed E-state index contributed by atoms with van der Waals surface area (Å²) in [6.07, 6.45) is 3.06. The Bertz CT molecular complexity index is 796. The van der Waals surface area contributed by atoms with Crippen LogP contribution in [0, 0.1) is 0 Å². The van der Waals surface area contributed by atoms with E-state index in [-0.39, 0.29) is 18.0 Å². The first kappa shape index (κ1) is 14.5. The minimum absolute atomic E-state index is 0.0191. The number of likely N-dealkylation sites (tertiary alicyclic amines) is 1. The van der Waals surface area contributed by atoms with E-state index in [0.29, 0.717) is 11.1 Å². The molecule has 0 radical (unpaired) electrons. The number of hydrogen-bond donors (Lipinski definition) is 0. The van der Waals surface area contributed by atoms with Crippen LogP contribution >= 0.6 is 11.6 Å². The maximum atomic E-state index is 13.0. The molecule has 2 saturated heterocycles. The molecule has 2 aliphatic heterocycles. The van der Waals surface area contributed by atoms with Gasteiger partial charge in [-0.3, -0.25) is 9.69 Å². The molecule has 24 heavy (non-hydrogen) atoms. The monoisotopic (exact) mass is 338 g/mol. The molecule has 0 saturated carbocycles. The number of piperazine rings is 1. The van der Waals surface area contributed by atoms with Crippen molar-refractivity contribution in [2.75, 3.05) is 11.4 Å². The predicted octanol–water partition coefficient (Wildman–Crippen LogP) is 3.30. The van der Waals surface area contributed by atoms with Gasteiger partial charge in [-0.15, -0.1) is 0 Å². The Morgan fingerprint density at radius 3 is 2.25 bits per heavy atom. The van der Waals surface area contributed by atoms with E-state index in [1.165, 1.54) is 11.1 Å². The fraction of sp³-hybridized carbons (Fsp3) is 0.350. The summed E-state index contributed by atoms with van der Waals surface area (Å²) in [6.45, 7) is 0.959. The summed E-state index contributed by atoms with van der Waals surface area (Å²) in [5.41, 5.74) is 3.76. The number of anilines is 1. The zero-order chi connectivity index (χ0) is 16.3. The fourth-order valence-electron chi connectivity index (χ4n) is 4.74. The number of nitrogens with zero attached hydrogens (tertiary/aromatic N) is 2. The maximum absolute atomic E-state index is 13.0. The molecule has 3 aliphatic rings. The van der Waals surface area contributed by atoms with Crippen LogP contribution in [-0.2, 0) is 17.6 Å². The number of halogens is 1. The number of carbonyl (C=O) groups excluding carboxylic acids is 1. The number of fused-ring (bicyclic) bond motifs is 3. The highest BCUT2D eigenvalue weighted by molar-refractivity contribution is 6.34. The fourth-order valence-corrected chi connectivity index (χ4v) is 4.97. The topological polar surface area (TPSA) is 23.6 Å². The van der Waals surface area contributed by atoms with Crippen LogP contribution in [0.1, 0.15) is 17.5 Å². The number of para-hydroxylation sites is 1. The third-order valence-corrected chi connectivity index (χ3v) is 6.13. The highest BCUT2D eigenvalue weighted by Gasteiger charge is 2.52. The van der Waals surface area contributed by atoms with E-state index in [9.17, 15) is 4.79 Å². The molecule has 0 aromatic heterocycles. The van der Waals surface area contributed by atoms with Crippen molar-refractivity contribution in [2.24, 2.45) is 0 Å². The molecule has 2 atom stereocenters. The number of benzene rings is 2. The lowest BCUT2D eigenvalue weighted by atomic mass is 10.1. The van der Waals surface area contributed by atoms with E-state index >= 15 is 0 Å². The van der Waals surface area contributed by atoms with Crippen LogP contribution in [0.5, 0.6) is 0 Å². The van der Waals surface area contributed by atoms with Crippen LogP contribution in [-0.4, -0.2) is 35.5 Å². The Hall–Kier alpha value is -1.84. The Labute approximate surface area is 146 Å². The van der Waals surface area contributed by atoms with E-state index in [1.54, 1.807) is 0 Å². The minimum atomic E-state index is 0.0191. The third kappa shape index (κ3) is 2.04. The first-order valence-corrected chi connectivity index (χ1v) is 9.00. The molecule has 0 N–H and O–H groups in total. The summed E-state index contributed by atoms with van der Waals surface area (Å²) in [6, 6.07) is 17.1. The lowest BCUT2D eigenvalue weighted by Gasteiger charge is -2.37. The Morgan fingerprint density at radius 2 is 1.58 bits per heavy atom. The van der Waals surface area contributed by atoms with Crippen molar-refractivity contribution in [2.45, 2.75) is 37.4 Å². The summed E-state index contributed by atoms with van der Waals surface area (Å²) < 4.78 is 0. The molecular weight excluding hydrogens is 320 g/mol. The molecule has 1 aliphatic carbocycles. The van der Waals surface area contributed by atoms with Gasteiger partial charge in [0.25, 0.3) is 0 Å². The molecule has 2 bridgehead atoms. The molecule has 2 aromatic rings. The van der Waals surface area contributed by atoms with Gasteiger partial charge in [-0.25, -0.2) is 0 Å². The SMILES string of the molecule is O=C1[C@@H]2C[C@@H](CN2C2Cc3ccccc3C2)N1c1ccccc1Cl. The van der Waals surface area contributed by atoms with Gasteiger partial charge in [0, 0.05) is 12.6 Å². The maximum Gasteiger partial charge on any atom is 0.244 e. The smallest absolute Gasteiger partial charge is 0.244 e. The minimum Gasteiger partial charge on any atom is -0.305 e. The summed E-state index contributed by atoms with van der Waals surface area (Å²) >= 11 is 6.32. The van der Waals surface area contributed by atoms with Gasteiger partial charge in [-0.2, -0.15) is 0 Å². The van der Waals surface area contributed by atoms with Crippen molar-refractivity contribution < 1.29 is 4.79 Å². The molecule has 5 rings (SSSR count). The highest BCUT2D eigenvalue weighted by atomic mass is 35.5. The van der Waals surface area contributed by atoms with Crippen molar-refractivity contribution in [1.82, 2.24) is 4.90 Å². The second-order valence-corrected chi connectivity index (χ2v) is 7.50. The largest absolute Gasteiger partial charge is 0.305 e. The van der Waals surface area contributed by atoms with Crippen LogP contribution in [0.3, 0.4) is 0 Å².